The molecule has 1 atom stereocenters. The minimum absolute atomic E-state index is 0.513. The van der Waals surface area contributed by atoms with Crippen molar-refractivity contribution in [1.29, 1.82) is 0 Å². The first-order chi connectivity index (χ1) is 8.47. The van der Waals surface area contributed by atoms with E-state index in [1.54, 1.807) is 12.1 Å². The first kappa shape index (κ1) is 13.8. The van der Waals surface area contributed by atoms with Crippen molar-refractivity contribution in [2.45, 2.75) is 26.4 Å². The van der Waals surface area contributed by atoms with Gasteiger partial charge in [0.1, 0.15) is 0 Å². The Kier molecular flexibility index (Phi) is 4.28. The maximum absolute atomic E-state index is 10.2. The third-order valence-electron chi connectivity index (χ3n) is 2.66. The summed E-state index contributed by atoms with van der Waals surface area (Å²) in [6.07, 6.45) is -0.0345. The summed E-state index contributed by atoms with van der Waals surface area (Å²) < 4.78 is 0. The molecule has 18 heavy (non-hydrogen) atoms. The Morgan fingerprint density at radius 2 is 2.00 bits per heavy atom. The van der Waals surface area contributed by atoms with E-state index in [4.69, 9.17) is 23.2 Å². The number of rotatable bonds is 3. The van der Waals surface area contributed by atoms with Crippen LogP contribution in [0.25, 0.3) is 0 Å². The molecular formula is C13H13Cl2NOS. The topological polar surface area (TPSA) is 33.1 Å². The summed E-state index contributed by atoms with van der Waals surface area (Å²) in [5, 5.41) is 12.2. The van der Waals surface area contributed by atoms with Gasteiger partial charge in [-0.1, -0.05) is 29.3 Å². The van der Waals surface area contributed by atoms with Crippen LogP contribution in [0.15, 0.2) is 18.2 Å². The zero-order chi connectivity index (χ0) is 13.3. The summed E-state index contributed by atoms with van der Waals surface area (Å²) in [5.74, 6) is 0. The summed E-state index contributed by atoms with van der Waals surface area (Å²) in [6, 6.07) is 5.41. The minimum atomic E-state index is -0.548. The molecule has 0 radical (unpaired) electrons. The van der Waals surface area contributed by atoms with Crippen LogP contribution in [0.4, 0.5) is 0 Å². The molecule has 0 bridgehead atoms. The molecule has 0 aliphatic rings. The second kappa shape index (κ2) is 5.57. The Hall–Kier alpha value is -0.610. The lowest BCUT2D eigenvalue weighted by Crippen LogP contribution is -2.01. The molecule has 0 amide bonds. The lowest BCUT2D eigenvalue weighted by molar-refractivity contribution is 0.181. The predicted octanol–water partition coefficient (Wildman–Crippen LogP) is 4.34. The third-order valence-corrected chi connectivity index (χ3v) is 4.57. The summed E-state index contributed by atoms with van der Waals surface area (Å²) in [4.78, 5) is 5.23. The van der Waals surface area contributed by atoms with Crippen LogP contribution in [0.1, 0.15) is 27.2 Å². The summed E-state index contributed by atoms with van der Waals surface area (Å²) in [7, 11) is 0. The standard InChI is InChI=1S/C13H13Cl2NOS/c1-7-13(18-8(2)16-7)12(17)6-9-3-4-10(14)11(15)5-9/h3-5,12,17H,6H2,1-2H3. The Balaban J connectivity index is 2.18. The van der Waals surface area contributed by atoms with Crippen molar-refractivity contribution < 1.29 is 5.11 Å². The number of aliphatic hydroxyl groups excluding tert-OH is 1. The number of thiazole rings is 1. The number of aromatic nitrogens is 1. The molecule has 1 unspecified atom stereocenters. The molecule has 5 heteroatoms. The summed E-state index contributed by atoms with van der Waals surface area (Å²) >= 11 is 13.3. The Morgan fingerprint density at radius 1 is 1.28 bits per heavy atom. The lowest BCUT2D eigenvalue weighted by Gasteiger charge is -2.10. The van der Waals surface area contributed by atoms with Gasteiger partial charge in [0.25, 0.3) is 0 Å². The van der Waals surface area contributed by atoms with Gasteiger partial charge < -0.3 is 5.11 Å². The van der Waals surface area contributed by atoms with Gasteiger partial charge >= 0.3 is 0 Å². The highest BCUT2D eigenvalue weighted by Crippen LogP contribution is 2.29. The van der Waals surface area contributed by atoms with E-state index in [-0.39, 0.29) is 0 Å². The fourth-order valence-electron chi connectivity index (χ4n) is 1.84. The van der Waals surface area contributed by atoms with Gasteiger partial charge in [0, 0.05) is 6.42 Å². The van der Waals surface area contributed by atoms with Gasteiger partial charge in [0.15, 0.2) is 0 Å². The highest BCUT2D eigenvalue weighted by Gasteiger charge is 2.15. The normalized spacial score (nSPS) is 12.7. The maximum atomic E-state index is 10.2. The van der Waals surface area contributed by atoms with Crippen molar-refractivity contribution in [2.24, 2.45) is 0 Å². The molecular weight excluding hydrogens is 289 g/mol. The van der Waals surface area contributed by atoms with Crippen molar-refractivity contribution in [1.82, 2.24) is 4.98 Å². The van der Waals surface area contributed by atoms with E-state index < -0.39 is 6.10 Å². The monoisotopic (exact) mass is 301 g/mol. The first-order valence-electron chi connectivity index (χ1n) is 5.53. The Bertz CT molecular complexity index is 568. The number of halogens is 2. The van der Waals surface area contributed by atoms with Crippen LogP contribution in [0.3, 0.4) is 0 Å². The van der Waals surface area contributed by atoms with Crippen LogP contribution >= 0.6 is 34.5 Å². The molecule has 0 saturated carbocycles. The molecule has 2 aromatic rings. The Morgan fingerprint density at radius 3 is 2.56 bits per heavy atom. The van der Waals surface area contributed by atoms with Crippen molar-refractivity contribution in [2.75, 3.05) is 0 Å². The third kappa shape index (κ3) is 3.04. The zero-order valence-electron chi connectivity index (χ0n) is 10.1. The number of aliphatic hydroxyl groups is 1. The second-order valence-electron chi connectivity index (χ2n) is 4.15. The van der Waals surface area contributed by atoms with Crippen LogP contribution in [0.5, 0.6) is 0 Å². The minimum Gasteiger partial charge on any atom is -0.387 e. The van der Waals surface area contributed by atoms with E-state index in [0.717, 1.165) is 21.1 Å². The largest absolute Gasteiger partial charge is 0.387 e. The van der Waals surface area contributed by atoms with Gasteiger partial charge in [-0.05, 0) is 31.5 Å². The predicted molar refractivity (Wildman–Crippen MR) is 76.7 cm³/mol. The van der Waals surface area contributed by atoms with Gasteiger partial charge in [-0.3, -0.25) is 0 Å². The number of aryl methyl sites for hydroxylation is 2. The van der Waals surface area contributed by atoms with Crippen molar-refractivity contribution in [3.8, 4) is 0 Å². The highest BCUT2D eigenvalue weighted by molar-refractivity contribution is 7.11. The van der Waals surface area contributed by atoms with E-state index in [1.165, 1.54) is 11.3 Å². The van der Waals surface area contributed by atoms with Crippen LogP contribution in [-0.4, -0.2) is 10.1 Å². The highest BCUT2D eigenvalue weighted by atomic mass is 35.5. The second-order valence-corrected chi connectivity index (χ2v) is 6.20. The average Bonchev–Trinajstić information content (AvgIpc) is 2.63. The quantitative estimate of drug-likeness (QED) is 0.914. The van der Waals surface area contributed by atoms with E-state index in [2.05, 4.69) is 4.98 Å². The molecule has 2 nitrogen and oxygen atoms in total. The fraction of sp³-hybridized carbons (Fsp3) is 0.308. The zero-order valence-corrected chi connectivity index (χ0v) is 12.4. The molecule has 0 saturated heterocycles. The number of nitrogens with zero attached hydrogens (tertiary/aromatic N) is 1. The van der Waals surface area contributed by atoms with Gasteiger partial charge in [-0.25, -0.2) is 4.98 Å². The van der Waals surface area contributed by atoms with Crippen molar-refractivity contribution >= 4 is 34.5 Å². The van der Waals surface area contributed by atoms with Gasteiger partial charge in [-0.15, -0.1) is 11.3 Å². The first-order valence-corrected chi connectivity index (χ1v) is 7.10. The average molecular weight is 302 g/mol. The van der Waals surface area contributed by atoms with E-state index in [9.17, 15) is 5.11 Å². The maximum Gasteiger partial charge on any atom is 0.0941 e. The SMILES string of the molecule is Cc1nc(C)c(C(O)Cc2ccc(Cl)c(Cl)c2)s1. The molecule has 2 rings (SSSR count). The Labute approximate surface area is 120 Å². The van der Waals surface area contributed by atoms with Gasteiger partial charge in [-0.2, -0.15) is 0 Å². The van der Waals surface area contributed by atoms with Crippen LogP contribution < -0.4 is 0 Å². The number of benzene rings is 1. The molecule has 1 aromatic carbocycles. The molecule has 96 valence electrons. The fourth-order valence-corrected chi connectivity index (χ4v) is 3.07. The smallest absolute Gasteiger partial charge is 0.0941 e. The summed E-state index contributed by atoms with van der Waals surface area (Å²) in [6.45, 7) is 3.85. The van der Waals surface area contributed by atoms with E-state index in [1.807, 2.05) is 19.9 Å². The lowest BCUT2D eigenvalue weighted by atomic mass is 10.1. The molecule has 1 heterocycles. The van der Waals surface area contributed by atoms with E-state index >= 15 is 0 Å². The molecule has 0 fully saturated rings. The molecule has 0 aliphatic carbocycles. The molecule has 1 aromatic heterocycles. The van der Waals surface area contributed by atoms with Gasteiger partial charge in [0.05, 0.1) is 31.7 Å². The van der Waals surface area contributed by atoms with Crippen LogP contribution in [0.2, 0.25) is 10.0 Å². The summed E-state index contributed by atoms with van der Waals surface area (Å²) in [5.41, 5.74) is 1.85. The van der Waals surface area contributed by atoms with E-state index in [0.29, 0.717) is 16.5 Å². The number of hydrogen-bond acceptors (Lipinski definition) is 3. The van der Waals surface area contributed by atoms with Crippen molar-refractivity contribution in [3.05, 3.63) is 49.4 Å². The molecule has 1 N–H and O–H groups in total. The number of hydrogen-bond donors (Lipinski definition) is 1. The molecule has 0 spiro atoms. The van der Waals surface area contributed by atoms with Crippen molar-refractivity contribution in [3.63, 3.8) is 0 Å². The van der Waals surface area contributed by atoms with Crippen LogP contribution in [0, 0.1) is 13.8 Å². The van der Waals surface area contributed by atoms with Gasteiger partial charge in [0.2, 0.25) is 0 Å². The van der Waals surface area contributed by atoms with Crippen LogP contribution in [-0.2, 0) is 6.42 Å². The molecule has 0 aliphatic heterocycles.